The van der Waals surface area contributed by atoms with E-state index in [1.54, 1.807) is 0 Å². The summed E-state index contributed by atoms with van der Waals surface area (Å²) in [7, 11) is 2.20. The van der Waals surface area contributed by atoms with Gasteiger partial charge in [-0.05, 0) is 52.2 Å². The number of nitrogens with one attached hydrogen (secondary N) is 1. The molecule has 0 bridgehead atoms. The molecule has 2 heteroatoms. The molecular weight excluding hydrogens is 280 g/mol. The molecule has 0 saturated heterocycles. The predicted molar refractivity (Wildman–Crippen MR) is 96.4 cm³/mol. The second-order valence-electron chi connectivity index (χ2n) is 6.52. The molecule has 1 aliphatic heterocycles. The average Bonchev–Trinajstić information content (AvgIpc) is 3.19. The molecule has 0 aliphatic carbocycles. The van der Waals surface area contributed by atoms with Gasteiger partial charge in [0.05, 0.1) is 5.52 Å². The Bertz CT molecular complexity index is 1040. The third-order valence-corrected chi connectivity index (χ3v) is 5.01. The zero-order valence-electron chi connectivity index (χ0n) is 13.1. The summed E-state index contributed by atoms with van der Waals surface area (Å²) in [5.74, 6) is 0. The number of benzene rings is 3. The lowest BCUT2D eigenvalue weighted by Gasteiger charge is -2.13. The maximum atomic E-state index is 3.43. The molecule has 0 unspecified atom stereocenters. The SMILES string of the molecule is CN1Cc2c(-c3cccc4ccccc34)cc3cc[nH]c3c2C1. The molecule has 5 rings (SSSR count). The molecule has 3 aromatic carbocycles. The van der Waals surface area contributed by atoms with Crippen molar-refractivity contribution in [3.05, 3.63) is 71.9 Å². The Morgan fingerprint density at radius 2 is 1.65 bits per heavy atom. The Balaban J connectivity index is 1.88. The van der Waals surface area contributed by atoms with Gasteiger partial charge in [0.1, 0.15) is 0 Å². The third kappa shape index (κ3) is 1.85. The number of aromatic nitrogens is 1. The average molecular weight is 298 g/mol. The zero-order chi connectivity index (χ0) is 15.4. The highest BCUT2D eigenvalue weighted by atomic mass is 15.1. The molecule has 1 aliphatic rings. The maximum Gasteiger partial charge on any atom is 0.0503 e. The van der Waals surface area contributed by atoms with Gasteiger partial charge in [0.15, 0.2) is 0 Å². The predicted octanol–water partition coefficient (Wildman–Crippen LogP) is 4.93. The minimum absolute atomic E-state index is 1.02. The molecule has 23 heavy (non-hydrogen) atoms. The highest BCUT2D eigenvalue weighted by Gasteiger charge is 2.23. The topological polar surface area (TPSA) is 19.0 Å². The van der Waals surface area contributed by atoms with Crippen LogP contribution in [0.15, 0.2) is 60.8 Å². The normalized spacial score (nSPS) is 14.7. The van der Waals surface area contributed by atoms with E-state index in [-0.39, 0.29) is 0 Å². The van der Waals surface area contributed by atoms with Crippen molar-refractivity contribution in [1.29, 1.82) is 0 Å². The number of aromatic amines is 1. The highest BCUT2D eigenvalue weighted by molar-refractivity contribution is 6.00. The van der Waals surface area contributed by atoms with Crippen LogP contribution >= 0.6 is 0 Å². The summed E-state index contributed by atoms with van der Waals surface area (Å²) in [5.41, 5.74) is 6.95. The molecule has 0 fully saturated rings. The van der Waals surface area contributed by atoms with E-state index in [0.29, 0.717) is 0 Å². The van der Waals surface area contributed by atoms with Gasteiger partial charge < -0.3 is 4.98 Å². The van der Waals surface area contributed by atoms with Gasteiger partial charge in [0.2, 0.25) is 0 Å². The van der Waals surface area contributed by atoms with Crippen LogP contribution in [0.5, 0.6) is 0 Å². The molecule has 0 amide bonds. The highest BCUT2D eigenvalue weighted by Crippen LogP contribution is 2.39. The minimum Gasteiger partial charge on any atom is -0.361 e. The molecule has 4 aromatic rings. The van der Waals surface area contributed by atoms with Gasteiger partial charge in [-0.2, -0.15) is 0 Å². The van der Waals surface area contributed by atoms with E-state index in [1.165, 1.54) is 43.9 Å². The number of hydrogen-bond acceptors (Lipinski definition) is 1. The van der Waals surface area contributed by atoms with Crippen LogP contribution < -0.4 is 0 Å². The van der Waals surface area contributed by atoms with Gasteiger partial charge in [-0.25, -0.2) is 0 Å². The van der Waals surface area contributed by atoms with Crippen LogP contribution in [0.1, 0.15) is 11.1 Å². The van der Waals surface area contributed by atoms with Gasteiger partial charge in [-0.15, -0.1) is 0 Å². The van der Waals surface area contributed by atoms with Gasteiger partial charge >= 0.3 is 0 Å². The summed E-state index contributed by atoms with van der Waals surface area (Å²) in [5, 5.41) is 3.95. The second-order valence-corrected chi connectivity index (χ2v) is 6.52. The summed E-state index contributed by atoms with van der Waals surface area (Å²) >= 11 is 0. The number of fused-ring (bicyclic) bond motifs is 4. The number of hydrogen-bond donors (Lipinski definition) is 1. The Kier molecular flexibility index (Phi) is 2.64. The van der Waals surface area contributed by atoms with Crippen molar-refractivity contribution in [2.24, 2.45) is 0 Å². The van der Waals surface area contributed by atoms with Crippen LogP contribution in [0.3, 0.4) is 0 Å². The first-order valence-electron chi connectivity index (χ1n) is 8.10. The van der Waals surface area contributed by atoms with Crippen molar-refractivity contribution < 1.29 is 0 Å². The van der Waals surface area contributed by atoms with Crippen LogP contribution in [0, 0.1) is 0 Å². The lowest BCUT2D eigenvalue weighted by atomic mass is 9.91. The molecule has 0 saturated carbocycles. The minimum atomic E-state index is 1.02. The molecule has 0 radical (unpaired) electrons. The summed E-state index contributed by atoms with van der Waals surface area (Å²) < 4.78 is 0. The van der Waals surface area contributed by atoms with Gasteiger partial charge in [-0.1, -0.05) is 42.5 Å². The van der Waals surface area contributed by atoms with Crippen molar-refractivity contribution >= 4 is 21.7 Å². The van der Waals surface area contributed by atoms with E-state index < -0.39 is 0 Å². The summed E-state index contributed by atoms with van der Waals surface area (Å²) in [4.78, 5) is 5.82. The standard InChI is InChI=1S/C21H18N2/c1-23-12-19-18(11-15-9-10-22-21(15)20(19)13-23)17-8-4-6-14-5-2-3-7-16(14)17/h2-11,22H,12-13H2,1H3. The number of nitrogens with zero attached hydrogens (tertiary/aromatic N) is 1. The zero-order valence-corrected chi connectivity index (χ0v) is 13.1. The molecule has 1 aromatic heterocycles. The van der Waals surface area contributed by atoms with E-state index in [2.05, 4.69) is 77.7 Å². The third-order valence-electron chi connectivity index (χ3n) is 5.01. The van der Waals surface area contributed by atoms with Crippen molar-refractivity contribution in [3.63, 3.8) is 0 Å². The first-order chi connectivity index (χ1) is 11.3. The lowest BCUT2D eigenvalue weighted by molar-refractivity contribution is 0.354. The van der Waals surface area contributed by atoms with E-state index in [4.69, 9.17) is 0 Å². The fraction of sp³-hybridized carbons (Fsp3) is 0.143. The van der Waals surface area contributed by atoms with E-state index >= 15 is 0 Å². The van der Waals surface area contributed by atoms with E-state index in [1.807, 2.05) is 0 Å². The van der Waals surface area contributed by atoms with Crippen LogP contribution in [-0.4, -0.2) is 16.9 Å². The molecule has 2 nitrogen and oxygen atoms in total. The summed E-state index contributed by atoms with van der Waals surface area (Å²) in [6, 6.07) is 19.8. The smallest absolute Gasteiger partial charge is 0.0503 e. The molecule has 1 N–H and O–H groups in total. The van der Waals surface area contributed by atoms with Crippen LogP contribution in [0.25, 0.3) is 32.8 Å². The summed E-state index contributed by atoms with van der Waals surface area (Å²) in [6.07, 6.45) is 2.05. The molecular formula is C21H18N2. The molecule has 2 heterocycles. The summed E-state index contributed by atoms with van der Waals surface area (Å²) in [6.45, 7) is 2.04. The van der Waals surface area contributed by atoms with Gasteiger partial charge in [0, 0.05) is 24.7 Å². The molecule has 0 atom stereocenters. The Labute approximate surface area is 135 Å². The largest absolute Gasteiger partial charge is 0.361 e. The van der Waals surface area contributed by atoms with E-state index in [0.717, 1.165) is 13.1 Å². The van der Waals surface area contributed by atoms with Crippen molar-refractivity contribution in [1.82, 2.24) is 9.88 Å². The fourth-order valence-electron chi connectivity index (χ4n) is 3.97. The second kappa shape index (κ2) is 4.71. The van der Waals surface area contributed by atoms with Crippen LogP contribution in [0.4, 0.5) is 0 Å². The monoisotopic (exact) mass is 298 g/mol. The van der Waals surface area contributed by atoms with Gasteiger partial charge in [-0.3, -0.25) is 4.90 Å². The Morgan fingerprint density at radius 3 is 2.61 bits per heavy atom. The number of rotatable bonds is 1. The maximum absolute atomic E-state index is 3.43. The quantitative estimate of drug-likeness (QED) is 0.527. The fourth-order valence-corrected chi connectivity index (χ4v) is 3.97. The van der Waals surface area contributed by atoms with Crippen LogP contribution in [-0.2, 0) is 13.1 Å². The lowest BCUT2D eigenvalue weighted by Crippen LogP contribution is -2.07. The van der Waals surface area contributed by atoms with Crippen molar-refractivity contribution in [2.75, 3.05) is 7.05 Å². The molecule has 0 spiro atoms. The van der Waals surface area contributed by atoms with Crippen molar-refractivity contribution in [2.45, 2.75) is 13.1 Å². The first-order valence-corrected chi connectivity index (χ1v) is 8.10. The first kappa shape index (κ1) is 12.9. The van der Waals surface area contributed by atoms with E-state index in [9.17, 15) is 0 Å². The Hall–Kier alpha value is -2.58. The van der Waals surface area contributed by atoms with Crippen LogP contribution in [0.2, 0.25) is 0 Å². The molecule has 112 valence electrons. The van der Waals surface area contributed by atoms with Crippen molar-refractivity contribution in [3.8, 4) is 11.1 Å². The Morgan fingerprint density at radius 1 is 0.826 bits per heavy atom. The van der Waals surface area contributed by atoms with Gasteiger partial charge in [0.25, 0.3) is 0 Å². The number of H-pyrrole nitrogens is 1.